The van der Waals surface area contributed by atoms with Crippen LogP contribution in [0.15, 0.2) is 35.8 Å². The normalized spacial score (nSPS) is 11.4. The lowest BCUT2D eigenvalue weighted by atomic mass is 10.2. The Kier molecular flexibility index (Phi) is 5.69. The molecule has 7 heteroatoms. The summed E-state index contributed by atoms with van der Waals surface area (Å²) in [6, 6.07) is 4.01. The van der Waals surface area contributed by atoms with Crippen LogP contribution in [0.1, 0.15) is 18.3 Å². The predicted octanol–water partition coefficient (Wildman–Crippen LogP) is 0.508. The molecule has 2 aromatic rings. The largest absolute Gasteiger partial charge is 0.357 e. The van der Waals surface area contributed by atoms with E-state index >= 15 is 0 Å². The van der Waals surface area contributed by atoms with Crippen molar-refractivity contribution in [1.29, 1.82) is 0 Å². The smallest absolute Gasteiger partial charge is 0.191 e. The minimum absolute atomic E-state index is 0.499. The van der Waals surface area contributed by atoms with Crippen LogP contribution in [0.25, 0.3) is 0 Å². The zero-order valence-corrected chi connectivity index (χ0v) is 12.5. The molecule has 0 aliphatic carbocycles. The number of guanidine groups is 1. The molecule has 2 rings (SSSR count). The summed E-state index contributed by atoms with van der Waals surface area (Å²) in [7, 11) is 1.86. The molecule has 2 aromatic heterocycles. The van der Waals surface area contributed by atoms with Crippen LogP contribution in [0.4, 0.5) is 0 Å². The monoisotopic (exact) mass is 287 g/mol. The van der Waals surface area contributed by atoms with E-state index in [1.807, 2.05) is 26.2 Å². The Labute approximate surface area is 124 Å². The fourth-order valence-corrected chi connectivity index (χ4v) is 1.83. The van der Waals surface area contributed by atoms with Crippen LogP contribution < -0.4 is 10.6 Å². The third-order valence-electron chi connectivity index (χ3n) is 2.96. The van der Waals surface area contributed by atoms with Gasteiger partial charge in [0, 0.05) is 32.5 Å². The fourth-order valence-electron chi connectivity index (χ4n) is 1.83. The lowest BCUT2D eigenvalue weighted by Gasteiger charge is -2.11. The highest BCUT2D eigenvalue weighted by Gasteiger charge is 2.01. The van der Waals surface area contributed by atoms with E-state index in [-0.39, 0.29) is 0 Å². The van der Waals surface area contributed by atoms with Gasteiger partial charge in [0.15, 0.2) is 5.96 Å². The molecule has 0 bridgehead atoms. The standard InChI is InChI=1S/C14H21N7/c1-3-16-14(18-10-13-19-11-20-21(13)2)17-8-6-12-5-4-7-15-9-12/h4-5,7,9,11H,3,6,8,10H2,1-2H3,(H2,16,17,18). The summed E-state index contributed by atoms with van der Waals surface area (Å²) in [6.45, 7) is 4.16. The summed E-state index contributed by atoms with van der Waals surface area (Å²) in [5, 5.41) is 10.6. The van der Waals surface area contributed by atoms with Crippen molar-refractivity contribution in [3.05, 3.63) is 42.2 Å². The van der Waals surface area contributed by atoms with Crippen LogP contribution >= 0.6 is 0 Å². The van der Waals surface area contributed by atoms with Crippen molar-refractivity contribution in [2.75, 3.05) is 13.1 Å². The van der Waals surface area contributed by atoms with Crippen molar-refractivity contribution < 1.29 is 0 Å². The molecule has 0 radical (unpaired) electrons. The van der Waals surface area contributed by atoms with Crippen LogP contribution in [0.5, 0.6) is 0 Å². The summed E-state index contributed by atoms with van der Waals surface area (Å²) < 4.78 is 1.72. The summed E-state index contributed by atoms with van der Waals surface area (Å²) in [5.41, 5.74) is 1.20. The highest BCUT2D eigenvalue weighted by atomic mass is 15.3. The van der Waals surface area contributed by atoms with E-state index < -0.39 is 0 Å². The van der Waals surface area contributed by atoms with Crippen molar-refractivity contribution in [2.24, 2.45) is 12.0 Å². The third-order valence-corrected chi connectivity index (χ3v) is 2.96. The maximum Gasteiger partial charge on any atom is 0.191 e. The van der Waals surface area contributed by atoms with Crippen LogP contribution in [-0.4, -0.2) is 38.8 Å². The molecule has 0 aromatic carbocycles. The molecule has 0 spiro atoms. The molecule has 112 valence electrons. The Morgan fingerprint density at radius 3 is 2.95 bits per heavy atom. The van der Waals surface area contributed by atoms with E-state index in [4.69, 9.17) is 0 Å². The Morgan fingerprint density at radius 2 is 2.29 bits per heavy atom. The van der Waals surface area contributed by atoms with Gasteiger partial charge in [-0.2, -0.15) is 5.10 Å². The second kappa shape index (κ2) is 7.98. The quantitative estimate of drug-likeness (QED) is 0.598. The van der Waals surface area contributed by atoms with Gasteiger partial charge in [-0.25, -0.2) is 9.98 Å². The molecule has 0 saturated heterocycles. The first-order chi connectivity index (χ1) is 10.3. The minimum atomic E-state index is 0.499. The van der Waals surface area contributed by atoms with E-state index in [2.05, 4.69) is 36.8 Å². The third kappa shape index (κ3) is 4.87. The highest BCUT2D eigenvalue weighted by Crippen LogP contribution is 1.96. The SMILES string of the molecule is CCNC(=NCc1ncnn1C)NCCc1cccnc1. The van der Waals surface area contributed by atoms with Gasteiger partial charge in [0.1, 0.15) is 18.7 Å². The number of aryl methyl sites for hydroxylation is 1. The average molecular weight is 287 g/mol. The van der Waals surface area contributed by atoms with E-state index in [9.17, 15) is 0 Å². The lowest BCUT2D eigenvalue weighted by Crippen LogP contribution is -2.38. The first-order valence-electron chi connectivity index (χ1n) is 7.03. The van der Waals surface area contributed by atoms with Gasteiger partial charge in [-0.1, -0.05) is 6.07 Å². The molecule has 0 amide bonds. The number of hydrogen-bond acceptors (Lipinski definition) is 4. The van der Waals surface area contributed by atoms with Crippen molar-refractivity contribution in [3.63, 3.8) is 0 Å². The van der Waals surface area contributed by atoms with Crippen molar-refractivity contribution in [1.82, 2.24) is 30.4 Å². The Morgan fingerprint density at radius 1 is 1.38 bits per heavy atom. The van der Waals surface area contributed by atoms with Crippen LogP contribution in [0, 0.1) is 0 Å². The molecule has 21 heavy (non-hydrogen) atoms. The Balaban J connectivity index is 1.85. The van der Waals surface area contributed by atoms with Gasteiger partial charge in [0.25, 0.3) is 0 Å². The first-order valence-corrected chi connectivity index (χ1v) is 7.03. The van der Waals surface area contributed by atoms with Crippen LogP contribution in [0.2, 0.25) is 0 Å². The van der Waals surface area contributed by atoms with Gasteiger partial charge in [-0.15, -0.1) is 0 Å². The lowest BCUT2D eigenvalue weighted by molar-refractivity contribution is 0.697. The van der Waals surface area contributed by atoms with Crippen molar-refractivity contribution >= 4 is 5.96 Å². The maximum atomic E-state index is 4.50. The number of nitrogens with zero attached hydrogens (tertiary/aromatic N) is 5. The van der Waals surface area contributed by atoms with Crippen LogP contribution in [-0.2, 0) is 20.0 Å². The number of hydrogen-bond donors (Lipinski definition) is 2. The number of rotatable bonds is 6. The predicted molar refractivity (Wildman–Crippen MR) is 81.8 cm³/mol. The maximum absolute atomic E-state index is 4.50. The number of aliphatic imine (C=N–C) groups is 1. The molecule has 2 N–H and O–H groups in total. The van der Waals surface area contributed by atoms with Gasteiger partial charge < -0.3 is 10.6 Å². The van der Waals surface area contributed by atoms with E-state index in [1.54, 1.807) is 10.9 Å². The molecule has 7 nitrogen and oxygen atoms in total. The Hall–Kier alpha value is -2.44. The van der Waals surface area contributed by atoms with Gasteiger partial charge in [-0.3, -0.25) is 9.67 Å². The average Bonchev–Trinajstić information content (AvgIpc) is 2.91. The van der Waals surface area contributed by atoms with Crippen molar-refractivity contribution in [3.8, 4) is 0 Å². The van der Waals surface area contributed by atoms with Crippen molar-refractivity contribution in [2.45, 2.75) is 19.9 Å². The molecular weight excluding hydrogens is 266 g/mol. The Bertz CT molecular complexity index is 562. The molecule has 0 fully saturated rings. The van der Waals surface area contributed by atoms with E-state index in [1.165, 1.54) is 11.9 Å². The summed E-state index contributed by atoms with van der Waals surface area (Å²) in [5.74, 6) is 1.61. The molecule has 0 aliphatic heterocycles. The second-order valence-corrected chi connectivity index (χ2v) is 4.53. The fraction of sp³-hybridized carbons (Fsp3) is 0.429. The van der Waals surface area contributed by atoms with Gasteiger partial charge >= 0.3 is 0 Å². The van der Waals surface area contributed by atoms with Gasteiger partial charge in [0.05, 0.1) is 0 Å². The van der Waals surface area contributed by atoms with Gasteiger partial charge in [-0.05, 0) is 25.0 Å². The van der Waals surface area contributed by atoms with E-state index in [0.29, 0.717) is 6.54 Å². The molecule has 0 aliphatic rings. The second-order valence-electron chi connectivity index (χ2n) is 4.53. The molecule has 0 saturated carbocycles. The first kappa shape index (κ1) is 15.0. The summed E-state index contributed by atoms with van der Waals surface area (Å²) in [6.07, 6.45) is 6.10. The van der Waals surface area contributed by atoms with Crippen LogP contribution in [0.3, 0.4) is 0 Å². The van der Waals surface area contributed by atoms with Gasteiger partial charge in [0.2, 0.25) is 0 Å². The summed E-state index contributed by atoms with van der Waals surface area (Å²) >= 11 is 0. The number of aromatic nitrogens is 4. The zero-order chi connectivity index (χ0) is 14.9. The minimum Gasteiger partial charge on any atom is -0.357 e. The molecule has 0 unspecified atom stereocenters. The highest BCUT2D eigenvalue weighted by molar-refractivity contribution is 5.79. The molecule has 0 atom stereocenters. The number of nitrogens with one attached hydrogen (secondary N) is 2. The zero-order valence-electron chi connectivity index (χ0n) is 12.5. The molecular formula is C14H21N7. The molecule has 2 heterocycles. The number of pyridine rings is 1. The summed E-state index contributed by atoms with van der Waals surface area (Å²) in [4.78, 5) is 12.8. The topological polar surface area (TPSA) is 80.0 Å². The van der Waals surface area contributed by atoms with E-state index in [0.717, 1.165) is 31.3 Å².